The number of carbonyl (C=O) groups excluding carboxylic acids is 1. The van der Waals surface area contributed by atoms with Gasteiger partial charge in [0.05, 0.1) is 6.54 Å². The Morgan fingerprint density at radius 3 is 2.47 bits per heavy atom. The Bertz CT molecular complexity index is 271. The first kappa shape index (κ1) is 18.6. The maximum atomic E-state index is 11.5. The molecule has 4 N–H and O–H groups in total. The Labute approximate surface area is 120 Å². The van der Waals surface area contributed by atoms with Crippen molar-refractivity contribution in [1.29, 1.82) is 0 Å². The summed E-state index contributed by atoms with van der Waals surface area (Å²) in [5.74, 6) is 0.380. The van der Waals surface area contributed by atoms with Crippen LogP contribution < -0.4 is 16.4 Å². The van der Waals surface area contributed by atoms with Gasteiger partial charge in [-0.15, -0.1) is 30.6 Å². The van der Waals surface area contributed by atoms with E-state index < -0.39 is 0 Å². The second-order valence-corrected chi connectivity index (χ2v) is 4.44. The minimum absolute atomic E-state index is 0. The van der Waals surface area contributed by atoms with Gasteiger partial charge in [0.25, 0.3) is 0 Å². The number of guanidine groups is 1. The highest BCUT2D eigenvalue weighted by molar-refractivity contribution is 14.0. The highest BCUT2D eigenvalue weighted by Gasteiger charge is 2.19. The molecule has 0 saturated heterocycles. The summed E-state index contributed by atoms with van der Waals surface area (Å²) in [4.78, 5) is 15.5. The summed E-state index contributed by atoms with van der Waals surface area (Å²) in [6.07, 6.45) is 1.70. The molecule has 0 aromatic heterocycles. The van der Waals surface area contributed by atoms with Crippen LogP contribution in [0.1, 0.15) is 20.8 Å². The quantitative estimate of drug-likeness (QED) is 0.225. The van der Waals surface area contributed by atoms with Crippen LogP contribution in [-0.4, -0.2) is 31.5 Å². The topological polar surface area (TPSA) is 79.5 Å². The van der Waals surface area contributed by atoms with E-state index in [0.717, 1.165) is 0 Å². The zero-order valence-corrected chi connectivity index (χ0v) is 13.1. The molecule has 0 atom stereocenters. The summed E-state index contributed by atoms with van der Waals surface area (Å²) in [5.41, 5.74) is 5.18. The lowest BCUT2D eigenvalue weighted by Gasteiger charge is -2.17. The number of carbonyl (C=O) groups is 1. The van der Waals surface area contributed by atoms with Crippen molar-refractivity contribution >= 4 is 35.8 Å². The van der Waals surface area contributed by atoms with E-state index in [0.29, 0.717) is 25.6 Å². The monoisotopic (exact) mass is 354 g/mol. The lowest BCUT2D eigenvalue weighted by Crippen LogP contribution is -2.37. The Morgan fingerprint density at radius 1 is 1.41 bits per heavy atom. The molecule has 100 valence electrons. The van der Waals surface area contributed by atoms with Gasteiger partial charge < -0.3 is 16.4 Å². The van der Waals surface area contributed by atoms with Crippen LogP contribution in [0, 0.1) is 5.41 Å². The Morgan fingerprint density at radius 2 is 2.00 bits per heavy atom. The molecule has 0 bridgehead atoms. The van der Waals surface area contributed by atoms with Gasteiger partial charge in [-0.3, -0.25) is 9.79 Å². The molecule has 0 radical (unpaired) electrons. The van der Waals surface area contributed by atoms with Crippen LogP contribution >= 0.6 is 24.0 Å². The molecule has 0 aliphatic rings. The zero-order chi connectivity index (χ0) is 12.6. The largest absolute Gasteiger partial charge is 0.370 e. The van der Waals surface area contributed by atoms with E-state index >= 15 is 0 Å². The first-order valence-corrected chi connectivity index (χ1v) is 5.31. The van der Waals surface area contributed by atoms with Gasteiger partial charge in [0, 0.05) is 18.5 Å². The van der Waals surface area contributed by atoms with Crippen molar-refractivity contribution in [3.8, 4) is 0 Å². The molecule has 0 heterocycles. The van der Waals surface area contributed by atoms with Crippen molar-refractivity contribution in [3.05, 3.63) is 12.7 Å². The second kappa shape index (κ2) is 9.26. The van der Waals surface area contributed by atoms with Crippen LogP contribution in [0.5, 0.6) is 0 Å². The number of rotatable bonds is 5. The molecule has 0 rings (SSSR count). The van der Waals surface area contributed by atoms with Crippen LogP contribution in [-0.2, 0) is 4.79 Å². The van der Waals surface area contributed by atoms with E-state index in [4.69, 9.17) is 5.73 Å². The number of halogens is 1. The minimum atomic E-state index is -0.365. The predicted octanol–water partition coefficient (Wildman–Crippen LogP) is 0.857. The molecule has 5 nitrogen and oxygen atoms in total. The number of hydrogen-bond donors (Lipinski definition) is 3. The summed E-state index contributed by atoms with van der Waals surface area (Å²) in [6.45, 7) is 10.7. The third-order valence-electron chi connectivity index (χ3n) is 1.79. The van der Waals surface area contributed by atoms with Gasteiger partial charge in [0.1, 0.15) is 0 Å². The maximum absolute atomic E-state index is 11.5. The molecular weight excluding hydrogens is 331 g/mol. The fourth-order valence-electron chi connectivity index (χ4n) is 0.844. The highest BCUT2D eigenvalue weighted by Crippen LogP contribution is 2.11. The molecule has 6 heteroatoms. The van der Waals surface area contributed by atoms with Gasteiger partial charge in [-0.25, -0.2) is 0 Å². The van der Waals surface area contributed by atoms with Gasteiger partial charge in [0.2, 0.25) is 5.91 Å². The van der Waals surface area contributed by atoms with E-state index in [9.17, 15) is 4.79 Å². The van der Waals surface area contributed by atoms with Gasteiger partial charge >= 0.3 is 0 Å². The molecular formula is C11H23IN4O. The van der Waals surface area contributed by atoms with Crippen LogP contribution in [0.25, 0.3) is 0 Å². The molecule has 1 amide bonds. The maximum Gasteiger partial charge on any atom is 0.225 e. The molecule has 0 spiro atoms. The fourth-order valence-corrected chi connectivity index (χ4v) is 0.844. The standard InChI is InChI=1S/C11H22N4O.HI/c1-5-6-14-10(12)15-8-7-13-9(16)11(2,3)4;/h5H,1,6-8H2,2-4H3,(H,13,16)(H3,12,14,15);1H. The van der Waals surface area contributed by atoms with Gasteiger partial charge in [-0.2, -0.15) is 0 Å². The fraction of sp³-hybridized carbons (Fsp3) is 0.636. The molecule has 17 heavy (non-hydrogen) atoms. The second-order valence-electron chi connectivity index (χ2n) is 4.44. The smallest absolute Gasteiger partial charge is 0.225 e. The predicted molar refractivity (Wildman–Crippen MR) is 82.6 cm³/mol. The van der Waals surface area contributed by atoms with Crippen LogP contribution in [0.3, 0.4) is 0 Å². The number of amides is 1. The first-order chi connectivity index (χ1) is 7.38. The lowest BCUT2D eigenvalue weighted by atomic mass is 9.96. The van der Waals surface area contributed by atoms with Crippen molar-refractivity contribution in [1.82, 2.24) is 10.6 Å². The van der Waals surface area contributed by atoms with Gasteiger partial charge in [-0.1, -0.05) is 26.8 Å². The van der Waals surface area contributed by atoms with Crippen molar-refractivity contribution < 1.29 is 4.79 Å². The number of nitrogens with two attached hydrogens (primary N) is 1. The molecule has 0 aromatic rings. The summed E-state index contributed by atoms with van der Waals surface area (Å²) in [5, 5.41) is 5.63. The molecule has 0 unspecified atom stereocenters. The molecule has 0 aliphatic heterocycles. The van der Waals surface area contributed by atoms with E-state index in [-0.39, 0.29) is 35.3 Å². The Balaban J connectivity index is 0. The highest BCUT2D eigenvalue weighted by atomic mass is 127. The number of hydrogen-bond acceptors (Lipinski definition) is 2. The van der Waals surface area contributed by atoms with Crippen molar-refractivity contribution in [3.63, 3.8) is 0 Å². The van der Waals surface area contributed by atoms with E-state index in [1.807, 2.05) is 20.8 Å². The number of nitrogens with zero attached hydrogens (tertiary/aromatic N) is 1. The van der Waals surface area contributed by atoms with Crippen molar-refractivity contribution in [2.24, 2.45) is 16.1 Å². The van der Waals surface area contributed by atoms with E-state index in [1.54, 1.807) is 6.08 Å². The third kappa shape index (κ3) is 10.1. The van der Waals surface area contributed by atoms with Crippen LogP contribution in [0.2, 0.25) is 0 Å². The van der Waals surface area contributed by atoms with Gasteiger partial charge in [-0.05, 0) is 0 Å². The summed E-state index contributed by atoms with van der Waals surface area (Å²) in [6, 6.07) is 0. The first-order valence-electron chi connectivity index (χ1n) is 5.31. The lowest BCUT2D eigenvalue weighted by molar-refractivity contribution is -0.128. The Kier molecular flexibility index (Phi) is 10.1. The summed E-state index contributed by atoms with van der Waals surface area (Å²) < 4.78 is 0. The van der Waals surface area contributed by atoms with E-state index in [1.165, 1.54) is 0 Å². The Hall–Kier alpha value is -0.790. The van der Waals surface area contributed by atoms with Crippen molar-refractivity contribution in [2.75, 3.05) is 19.6 Å². The number of nitrogens with one attached hydrogen (secondary N) is 2. The van der Waals surface area contributed by atoms with Crippen LogP contribution in [0.15, 0.2) is 17.6 Å². The van der Waals surface area contributed by atoms with E-state index in [2.05, 4.69) is 22.2 Å². The molecule has 0 saturated carbocycles. The SMILES string of the molecule is C=CCNC(N)=NCCNC(=O)C(C)(C)C.I. The van der Waals surface area contributed by atoms with Crippen LogP contribution in [0.4, 0.5) is 0 Å². The zero-order valence-electron chi connectivity index (χ0n) is 10.7. The molecule has 0 fully saturated rings. The molecule has 0 aliphatic carbocycles. The average molecular weight is 354 g/mol. The minimum Gasteiger partial charge on any atom is -0.370 e. The average Bonchev–Trinajstić information content (AvgIpc) is 2.19. The third-order valence-corrected chi connectivity index (χ3v) is 1.79. The number of aliphatic imine (C=N–C) groups is 1. The normalized spacial score (nSPS) is 11.4. The molecule has 0 aromatic carbocycles. The summed E-state index contributed by atoms with van der Waals surface area (Å²) in [7, 11) is 0. The summed E-state index contributed by atoms with van der Waals surface area (Å²) >= 11 is 0. The van der Waals surface area contributed by atoms with Crippen molar-refractivity contribution in [2.45, 2.75) is 20.8 Å². The van der Waals surface area contributed by atoms with Gasteiger partial charge in [0.15, 0.2) is 5.96 Å².